The monoisotopic (exact) mass is 505 g/mol. The Kier molecular flexibility index (Phi) is 7.26. The fraction of sp³-hybridized carbons (Fsp3) is 0.286. The van der Waals surface area contributed by atoms with Crippen molar-refractivity contribution in [1.29, 1.82) is 0 Å². The van der Waals surface area contributed by atoms with Crippen LogP contribution in [0.25, 0.3) is 5.57 Å². The molecule has 1 atom stereocenters. The van der Waals surface area contributed by atoms with Crippen molar-refractivity contribution in [3.8, 4) is 11.5 Å². The molecule has 2 aromatic rings. The van der Waals surface area contributed by atoms with Gasteiger partial charge in [0.15, 0.2) is 0 Å². The summed E-state index contributed by atoms with van der Waals surface area (Å²) in [6.45, 7) is -0.973. The second-order valence-electron chi connectivity index (χ2n) is 9.34. The lowest BCUT2D eigenvalue weighted by Gasteiger charge is -2.31. The molecule has 0 saturated heterocycles. The topological polar surface area (TPSA) is 103 Å². The average molecular weight is 506 g/mol. The molecule has 37 heavy (non-hydrogen) atoms. The van der Waals surface area contributed by atoms with Crippen molar-refractivity contribution in [3.05, 3.63) is 77.1 Å². The number of methoxy groups -OCH3 is 1. The number of anilines is 2. The van der Waals surface area contributed by atoms with Gasteiger partial charge in [-0.15, -0.1) is 0 Å². The van der Waals surface area contributed by atoms with Crippen LogP contribution in [-0.2, 0) is 9.59 Å². The highest BCUT2D eigenvalue weighted by Crippen LogP contribution is 2.46. The lowest BCUT2D eigenvalue weighted by atomic mass is 9.86. The van der Waals surface area contributed by atoms with Crippen molar-refractivity contribution >= 4 is 28.9 Å². The van der Waals surface area contributed by atoms with Crippen molar-refractivity contribution in [1.82, 2.24) is 4.90 Å². The van der Waals surface area contributed by atoms with Crippen molar-refractivity contribution in [2.24, 2.45) is 0 Å². The van der Waals surface area contributed by atoms with Crippen LogP contribution in [-0.4, -0.2) is 81.5 Å². The number of carboxylic acids is 2. The fourth-order valence-corrected chi connectivity index (χ4v) is 4.49. The summed E-state index contributed by atoms with van der Waals surface area (Å²) in [5, 5.41) is 18.9. The summed E-state index contributed by atoms with van der Waals surface area (Å²) in [6.07, 6.45) is 6.19. The smallest absolute Gasteiger partial charge is 0.323 e. The highest BCUT2D eigenvalue weighted by atomic mass is 16.5. The van der Waals surface area contributed by atoms with Crippen LogP contribution in [0.15, 0.2) is 66.0 Å². The number of ether oxygens (including phenoxy) is 2. The van der Waals surface area contributed by atoms with E-state index < -0.39 is 25.0 Å². The summed E-state index contributed by atoms with van der Waals surface area (Å²) in [7, 11) is 9.40. The van der Waals surface area contributed by atoms with Gasteiger partial charge in [0.25, 0.3) is 0 Å². The van der Waals surface area contributed by atoms with E-state index in [-0.39, 0.29) is 6.04 Å². The van der Waals surface area contributed by atoms with E-state index in [4.69, 9.17) is 9.47 Å². The third-order valence-electron chi connectivity index (χ3n) is 6.34. The number of nitrogens with zero attached hydrogens (tertiary/aromatic N) is 3. The van der Waals surface area contributed by atoms with Gasteiger partial charge in [0.05, 0.1) is 12.8 Å². The molecule has 1 aliphatic carbocycles. The van der Waals surface area contributed by atoms with E-state index in [2.05, 4.69) is 17.1 Å². The van der Waals surface area contributed by atoms with E-state index in [1.54, 1.807) is 12.1 Å². The van der Waals surface area contributed by atoms with Crippen molar-refractivity contribution < 1.29 is 29.3 Å². The number of likely N-dealkylation sites (N-methyl/N-ethyl adjacent to an activating group) is 1. The molecule has 9 nitrogen and oxygen atoms in total. The Hall–Kier alpha value is -4.24. The largest absolute Gasteiger partial charge is 0.495 e. The maximum atomic E-state index is 11.5. The lowest BCUT2D eigenvalue weighted by Crippen LogP contribution is -2.34. The first-order chi connectivity index (χ1) is 17.6. The van der Waals surface area contributed by atoms with E-state index in [1.807, 2.05) is 63.4 Å². The zero-order valence-electron chi connectivity index (χ0n) is 21.6. The van der Waals surface area contributed by atoms with Crippen LogP contribution in [0.5, 0.6) is 11.5 Å². The van der Waals surface area contributed by atoms with Gasteiger partial charge in [-0.2, -0.15) is 0 Å². The predicted molar refractivity (Wildman–Crippen MR) is 143 cm³/mol. The van der Waals surface area contributed by atoms with Crippen LogP contribution in [0.1, 0.15) is 11.1 Å². The molecule has 4 rings (SSSR count). The molecule has 1 heterocycles. The molecule has 1 aliphatic heterocycles. The van der Waals surface area contributed by atoms with Gasteiger partial charge in [-0.05, 0) is 50.0 Å². The van der Waals surface area contributed by atoms with Gasteiger partial charge in [-0.3, -0.25) is 14.5 Å². The molecule has 0 amide bonds. The molecule has 2 aliphatic rings. The third-order valence-corrected chi connectivity index (χ3v) is 6.34. The maximum Gasteiger partial charge on any atom is 0.323 e. The molecular weight excluding hydrogens is 474 g/mol. The van der Waals surface area contributed by atoms with Gasteiger partial charge < -0.3 is 29.5 Å². The second-order valence-corrected chi connectivity index (χ2v) is 9.34. The summed E-state index contributed by atoms with van der Waals surface area (Å²) in [4.78, 5) is 28.5. The Morgan fingerprint density at radius 3 is 2.30 bits per heavy atom. The molecule has 0 saturated carbocycles. The highest BCUT2D eigenvalue weighted by Gasteiger charge is 2.29. The minimum atomic E-state index is -1.14. The van der Waals surface area contributed by atoms with Crippen molar-refractivity contribution in [3.63, 3.8) is 0 Å². The molecule has 194 valence electrons. The van der Waals surface area contributed by atoms with Crippen LogP contribution in [0, 0.1) is 0 Å². The van der Waals surface area contributed by atoms with Gasteiger partial charge in [-0.25, -0.2) is 0 Å². The standard InChI is InChI=1S/C28H31N3O6/c1-29(2)18-7-9-20-24(13-18)37-25-14-19(30(3)4)8-10-21(25)28(20)17-6-11-23(36-5)22(12-17)31(15-26(32)33)16-27(34)35/h6-14,18H,15-16H2,1-5H3,(H,32,33)(H,34,35). The molecule has 0 spiro atoms. The number of fused-ring (bicyclic) bond motifs is 2. The third kappa shape index (κ3) is 5.31. The summed E-state index contributed by atoms with van der Waals surface area (Å²) in [5.74, 6) is -0.467. The Balaban J connectivity index is 1.93. The first-order valence-corrected chi connectivity index (χ1v) is 11.8. The first-order valence-electron chi connectivity index (χ1n) is 11.8. The van der Waals surface area contributed by atoms with E-state index in [1.165, 1.54) is 12.0 Å². The van der Waals surface area contributed by atoms with Gasteiger partial charge in [-0.1, -0.05) is 18.2 Å². The molecule has 2 N–H and O–H groups in total. The predicted octanol–water partition coefficient (Wildman–Crippen LogP) is 3.32. The van der Waals surface area contributed by atoms with Crippen LogP contribution in [0.2, 0.25) is 0 Å². The van der Waals surface area contributed by atoms with E-state index in [0.717, 1.165) is 33.7 Å². The fourth-order valence-electron chi connectivity index (χ4n) is 4.49. The number of aliphatic carboxylic acids is 2. The Morgan fingerprint density at radius 1 is 1.00 bits per heavy atom. The Labute approximate surface area is 216 Å². The van der Waals surface area contributed by atoms with Crippen molar-refractivity contribution in [2.75, 3.05) is 58.2 Å². The Morgan fingerprint density at radius 2 is 1.70 bits per heavy atom. The SMILES string of the molecule is COc1ccc(C2=C3C=CC(N(C)C)C=C3Oc3cc(N(C)C)ccc32)cc1N(CC(=O)O)CC(=O)O. The molecule has 9 heteroatoms. The maximum absolute atomic E-state index is 11.5. The molecule has 0 fully saturated rings. The quantitative estimate of drug-likeness (QED) is 0.531. The zero-order valence-corrected chi connectivity index (χ0v) is 21.6. The summed E-state index contributed by atoms with van der Waals surface area (Å²) >= 11 is 0. The molecule has 0 radical (unpaired) electrons. The number of carboxylic acid groups (broad SMARTS) is 2. The van der Waals surface area contributed by atoms with Crippen molar-refractivity contribution in [2.45, 2.75) is 6.04 Å². The van der Waals surface area contributed by atoms with Gasteiger partial charge >= 0.3 is 11.9 Å². The van der Waals surface area contributed by atoms with Crippen LogP contribution in [0.3, 0.4) is 0 Å². The molecular formula is C28H31N3O6. The van der Waals surface area contributed by atoms with Crippen LogP contribution >= 0.6 is 0 Å². The minimum Gasteiger partial charge on any atom is -0.495 e. The molecule has 2 aromatic carbocycles. The second kappa shape index (κ2) is 10.4. The highest BCUT2D eigenvalue weighted by molar-refractivity contribution is 5.93. The van der Waals surface area contributed by atoms with Crippen LogP contribution < -0.4 is 19.3 Å². The summed E-state index contributed by atoms with van der Waals surface area (Å²) in [6, 6.07) is 11.5. The minimum absolute atomic E-state index is 0.0617. The van der Waals surface area contributed by atoms with E-state index in [0.29, 0.717) is 17.2 Å². The van der Waals surface area contributed by atoms with Gasteiger partial charge in [0.1, 0.15) is 30.3 Å². The molecule has 0 aromatic heterocycles. The average Bonchev–Trinajstić information content (AvgIpc) is 2.85. The number of hydrogen-bond donors (Lipinski definition) is 2. The van der Waals surface area contributed by atoms with Gasteiger partial charge in [0.2, 0.25) is 0 Å². The zero-order chi connectivity index (χ0) is 26.9. The number of allylic oxidation sites excluding steroid dienone is 1. The van der Waals surface area contributed by atoms with E-state index >= 15 is 0 Å². The van der Waals surface area contributed by atoms with E-state index in [9.17, 15) is 19.8 Å². The first kappa shape index (κ1) is 25.8. The molecule has 0 bridgehead atoms. The normalized spacial score (nSPS) is 15.9. The van der Waals surface area contributed by atoms with Crippen LogP contribution in [0.4, 0.5) is 11.4 Å². The number of benzene rings is 2. The Bertz CT molecular complexity index is 1310. The summed E-state index contributed by atoms with van der Waals surface area (Å²) in [5.41, 5.74) is 4.83. The lowest BCUT2D eigenvalue weighted by molar-refractivity contribution is -0.136. The number of rotatable bonds is 9. The summed E-state index contributed by atoms with van der Waals surface area (Å²) < 4.78 is 11.9. The van der Waals surface area contributed by atoms with Gasteiger partial charge in [0, 0.05) is 48.6 Å². The number of hydrogen-bond acceptors (Lipinski definition) is 7. The number of carbonyl (C=O) groups is 2. The molecule has 1 unspecified atom stereocenters.